The Bertz CT molecular complexity index is 210. The second-order valence-electron chi connectivity index (χ2n) is 3.95. The highest BCUT2D eigenvalue weighted by atomic mass is 32.2. The van der Waals surface area contributed by atoms with Gasteiger partial charge in [0.05, 0.1) is 16.8 Å². The summed E-state index contributed by atoms with van der Waals surface area (Å²) in [6.45, 7) is 1.97. The zero-order chi connectivity index (χ0) is 13.1. The summed E-state index contributed by atoms with van der Waals surface area (Å²) in [6.07, 6.45) is 2.96. The van der Waals surface area contributed by atoms with Crippen LogP contribution in [0.25, 0.3) is 0 Å². The lowest BCUT2D eigenvalue weighted by Crippen LogP contribution is -2.34. The van der Waals surface area contributed by atoms with E-state index in [9.17, 15) is 4.79 Å². The quantitative estimate of drug-likeness (QED) is 0.256. The number of hydrogen-bond acceptors (Lipinski definition) is 5. The van der Waals surface area contributed by atoms with Crippen molar-refractivity contribution in [2.75, 3.05) is 32.3 Å². The molecule has 0 aromatic rings. The highest BCUT2D eigenvalue weighted by molar-refractivity contribution is 7.99. The van der Waals surface area contributed by atoms with Gasteiger partial charge < -0.3 is 14.2 Å². The van der Waals surface area contributed by atoms with E-state index in [1.54, 1.807) is 14.2 Å². The third kappa shape index (κ3) is 9.64. The zero-order valence-electron chi connectivity index (χ0n) is 11.3. The first-order valence-corrected chi connectivity index (χ1v) is 8.01. The molecule has 0 bridgehead atoms. The van der Waals surface area contributed by atoms with Crippen molar-refractivity contribution in [1.82, 2.24) is 0 Å². The van der Waals surface area contributed by atoms with Gasteiger partial charge in [0.1, 0.15) is 5.41 Å². The fourth-order valence-corrected chi connectivity index (χ4v) is 2.49. The number of carbonyl (C=O) groups is 1. The summed E-state index contributed by atoms with van der Waals surface area (Å²) in [5.41, 5.74) is -0.321. The van der Waals surface area contributed by atoms with Gasteiger partial charge in [-0.05, 0) is 30.8 Å². The lowest BCUT2D eigenvalue weighted by atomic mass is 10.3. The number of thioether (sulfide) groups is 1. The van der Waals surface area contributed by atoms with Gasteiger partial charge in [0.2, 0.25) is 0 Å². The van der Waals surface area contributed by atoms with E-state index in [1.165, 1.54) is 6.92 Å². The van der Waals surface area contributed by atoms with Crippen LogP contribution in [-0.4, -0.2) is 54.0 Å². The van der Waals surface area contributed by atoms with Crippen LogP contribution >= 0.6 is 11.8 Å². The molecule has 0 aliphatic rings. The highest BCUT2D eigenvalue weighted by Crippen LogP contribution is 2.16. The van der Waals surface area contributed by atoms with Crippen LogP contribution in [0, 0.1) is 0 Å². The molecule has 0 heterocycles. The lowest BCUT2D eigenvalue weighted by Gasteiger charge is -2.26. The summed E-state index contributed by atoms with van der Waals surface area (Å²) < 4.78 is 15.5. The van der Waals surface area contributed by atoms with Crippen molar-refractivity contribution in [2.24, 2.45) is 0 Å². The molecule has 0 amide bonds. The standard InChI is InChI=1S/C11H24O4SSi/c1-10(12)15-7-5-9-16-8-4-6-11(17,13-2)14-3/h4-9H2,1-3,17H3. The topological polar surface area (TPSA) is 44.8 Å². The van der Waals surface area contributed by atoms with Crippen LogP contribution in [0.4, 0.5) is 0 Å². The first-order chi connectivity index (χ1) is 8.04. The van der Waals surface area contributed by atoms with Crippen molar-refractivity contribution in [1.29, 1.82) is 0 Å². The molecular formula is C11H24O4SSi. The highest BCUT2D eigenvalue weighted by Gasteiger charge is 2.20. The van der Waals surface area contributed by atoms with E-state index in [4.69, 9.17) is 14.2 Å². The van der Waals surface area contributed by atoms with E-state index >= 15 is 0 Å². The molecule has 0 atom stereocenters. The number of ether oxygens (including phenoxy) is 3. The van der Waals surface area contributed by atoms with Gasteiger partial charge in [-0.25, -0.2) is 0 Å². The lowest BCUT2D eigenvalue weighted by molar-refractivity contribution is -0.145. The molecule has 4 nitrogen and oxygen atoms in total. The molecule has 0 rings (SSSR count). The second kappa shape index (κ2) is 9.93. The zero-order valence-corrected chi connectivity index (χ0v) is 14.1. The van der Waals surface area contributed by atoms with E-state index in [1.807, 2.05) is 11.8 Å². The minimum atomic E-state index is -0.321. The van der Waals surface area contributed by atoms with Crippen LogP contribution in [0.5, 0.6) is 0 Å². The van der Waals surface area contributed by atoms with Crippen LogP contribution in [0.2, 0.25) is 0 Å². The number of methoxy groups -OCH3 is 2. The summed E-state index contributed by atoms with van der Waals surface area (Å²) in [7, 11) is 4.27. The minimum absolute atomic E-state index is 0.198. The molecule has 0 saturated heterocycles. The summed E-state index contributed by atoms with van der Waals surface area (Å²) in [5.74, 6) is 1.92. The first-order valence-electron chi connectivity index (χ1n) is 5.85. The molecule has 0 aromatic heterocycles. The van der Waals surface area contributed by atoms with Gasteiger partial charge in [-0.15, -0.1) is 0 Å². The minimum Gasteiger partial charge on any atom is -0.466 e. The number of rotatable bonds is 10. The maximum absolute atomic E-state index is 10.5. The molecule has 0 saturated carbocycles. The van der Waals surface area contributed by atoms with Crippen LogP contribution in [0.15, 0.2) is 0 Å². The normalized spacial score (nSPS) is 11.7. The largest absolute Gasteiger partial charge is 0.466 e. The van der Waals surface area contributed by atoms with Gasteiger partial charge >= 0.3 is 5.97 Å². The van der Waals surface area contributed by atoms with E-state index in [2.05, 4.69) is 0 Å². The van der Waals surface area contributed by atoms with Crippen molar-refractivity contribution in [3.63, 3.8) is 0 Å². The van der Waals surface area contributed by atoms with Gasteiger partial charge in [-0.1, -0.05) is 0 Å². The number of esters is 1. The molecule has 0 N–H and O–H groups in total. The summed E-state index contributed by atoms with van der Waals surface area (Å²) in [6, 6.07) is 0. The predicted molar refractivity (Wildman–Crippen MR) is 74.5 cm³/mol. The number of hydrogen-bond donors (Lipinski definition) is 0. The SMILES string of the molecule is COC([SiH3])(CCCSCCCOC(C)=O)OC. The van der Waals surface area contributed by atoms with Gasteiger partial charge in [-0.3, -0.25) is 4.79 Å². The van der Waals surface area contributed by atoms with Gasteiger partial charge in [0, 0.05) is 21.1 Å². The van der Waals surface area contributed by atoms with E-state index < -0.39 is 0 Å². The molecule has 0 aliphatic heterocycles. The average molecular weight is 280 g/mol. The Morgan fingerprint density at radius 2 is 1.82 bits per heavy atom. The van der Waals surface area contributed by atoms with Gasteiger partial charge in [0.25, 0.3) is 0 Å². The fourth-order valence-electron chi connectivity index (χ4n) is 1.26. The van der Waals surface area contributed by atoms with Crippen LogP contribution in [-0.2, 0) is 19.0 Å². The van der Waals surface area contributed by atoms with Gasteiger partial charge in [0.15, 0.2) is 0 Å². The monoisotopic (exact) mass is 280 g/mol. The Morgan fingerprint density at radius 3 is 2.35 bits per heavy atom. The molecule has 0 aliphatic carbocycles. The molecule has 6 heteroatoms. The Hall–Kier alpha value is -0.0431. The van der Waals surface area contributed by atoms with Crippen molar-refractivity contribution in [3.05, 3.63) is 0 Å². The summed E-state index contributed by atoms with van der Waals surface area (Å²) in [5, 5.41) is 0. The molecule has 0 spiro atoms. The van der Waals surface area contributed by atoms with E-state index in [0.29, 0.717) is 6.61 Å². The Labute approximate surface area is 111 Å². The summed E-state index contributed by atoms with van der Waals surface area (Å²) >= 11 is 1.88. The van der Waals surface area contributed by atoms with Crippen molar-refractivity contribution in [3.8, 4) is 0 Å². The third-order valence-corrected chi connectivity index (χ3v) is 4.99. The fraction of sp³-hybridized carbons (Fsp3) is 0.909. The van der Waals surface area contributed by atoms with Crippen LogP contribution in [0.3, 0.4) is 0 Å². The molecular weight excluding hydrogens is 256 g/mol. The molecule has 0 aromatic carbocycles. The molecule has 0 unspecified atom stereocenters. The summed E-state index contributed by atoms with van der Waals surface area (Å²) in [4.78, 5) is 10.5. The Balaban J connectivity index is 3.32. The smallest absolute Gasteiger partial charge is 0.302 e. The molecule has 102 valence electrons. The molecule has 17 heavy (non-hydrogen) atoms. The maximum atomic E-state index is 10.5. The van der Waals surface area contributed by atoms with E-state index in [-0.39, 0.29) is 11.4 Å². The Kier molecular flexibility index (Phi) is 9.91. The predicted octanol–water partition coefficient (Wildman–Crippen LogP) is 0.765. The maximum Gasteiger partial charge on any atom is 0.302 e. The van der Waals surface area contributed by atoms with Crippen LogP contribution < -0.4 is 0 Å². The van der Waals surface area contributed by atoms with E-state index in [0.717, 1.165) is 41.0 Å². The molecule has 0 radical (unpaired) electrons. The third-order valence-electron chi connectivity index (χ3n) is 2.52. The number of carbonyl (C=O) groups excluding carboxylic acids is 1. The molecule has 0 fully saturated rings. The second-order valence-corrected chi connectivity index (χ2v) is 6.70. The Morgan fingerprint density at radius 1 is 1.24 bits per heavy atom. The average Bonchev–Trinajstić information content (AvgIpc) is 2.32. The van der Waals surface area contributed by atoms with Crippen molar-refractivity contribution >= 4 is 28.0 Å². The van der Waals surface area contributed by atoms with Crippen molar-refractivity contribution < 1.29 is 19.0 Å². The van der Waals surface area contributed by atoms with Crippen LogP contribution in [0.1, 0.15) is 26.2 Å². The van der Waals surface area contributed by atoms with Gasteiger partial charge in [-0.2, -0.15) is 11.8 Å². The first kappa shape index (κ1) is 17.0. The van der Waals surface area contributed by atoms with Crippen molar-refractivity contribution in [2.45, 2.75) is 31.6 Å².